The lowest BCUT2D eigenvalue weighted by molar-refractivity contribution is 0.0691. The van der Waals surface area contributed by atoms with Gasteiger partial charge in [0.15, 0.2) is 0 Å². The molecule has 0 aliphatic rings. The molecule has 0 bridgehead atoms. The molecule has 0 amide bonds. The molecule has 82 valence electrons. The Labute approximate surface area is 102 Å². The molecule has 1 rings (SSSR count). The quantitative estimate of drug-likeness (QED) is 0.669. The van der Waals surface area contributed by atoms with E-state index in [-0.39, 0.29) is 11.4 Å². The normalized spacial score (nSPS) is 10.0. The summed E-state index contributed by atoms with van der Waals surface area (Å²) in [6.45, 7) is 2.55. The first-order chi connectivity index (χ1) is 7.15. The zero-order valence-corrected chi connectivity index (χ0v) is 10.5. The van der Waals surface area contributed by atoms with Gasteiger partial charge in [0, 0.05) is 9.77 Å². The highest BCUT2D eigenvalue weighted by molar-refractivity contribution is 14.1. The largest absolute Gasteiger partial charge is 0.477 e. The molecule has 0 aliphatic carbocycles. The van der Waals surface area contributed by atoms with Crippen LogP contribution < -0.4 is 4.74 Å². The molecule has 0 saturated carbocycles. The van der Waals surface area contributed by atoms with Crippen LogP contribution in [0.2, 0.25) is 0 Å². The number of hydrogen-bond donors (Lipinski definition) is 1. The molecule has 0 fully saturated rings. The highest BCUT2D eigenvalue weighted by Gasteiger charge is 2.13. The summed E-state index contributed by atoms with van der Waals surface area (Å²) in [6, 6.07) is 1.55. The third-order valence-electron chi connectivity index (χ3n) is 1.78. The maximum absolute atomic E-state index is 10.9. The van der Waals surface area contributed by atoms with Crippen LogP contribution in [0.1, 0.15) is 30.1 Å². The van der Waals surface area contributed by atoms with Gasteiger partial charge in [0.2, 0.25) is 5.88 Å². The van der Waals surface area contributed by atoms with E-state index in [1.54, 1.807) is 12.3 Å². The molecular formula is C10H12INO3. The van der Waals surface area contributed by atoms with E-state index in [1.165, 1.54) is 0 Å². The van der Waals surface area contributed by atoms with E-state index >= 15 is 0 Å². The molecule has 1 N–H and O–H groups in total. The monoisotopic (exact) mass is 321 g/mol. The van der Waals surface area contributed by atoms with Gasteiger partial charge in [-0.1, -0.05) is 13.3 Å². The van der Waals surface area contributed by atoms with Gasteiger partial charge in [-0.25, -0.2) is 9.78 Å². The zero-order valence-electron chi connectivity index (χ0n) is 8.36. The van der Waals surface area contributed by atoms with Crippen molar-refractivity contribution in [1.82, 2.24) is 4.98 Å². The number of pyridine rings is 1. The fourth-order valence-electron chi connectivity index (χ4n) is 1.01. The molecule has 0 saturated heterocycles. The van der Waals surface area contributed by atoms with Gasteiger partial charge in [0.1, 0.15) is 5.56 Å². The number of carboxylic acid groups (broad SMARTS) is 1. The highest BCUT2D eigenvalue weighted by Crippen LogP contribution is 2.18. The molecule has 1 heterocycles. The van der Waals surface area contributed by atoms with Crippen LogP contribution in [0.5, 0.6) is 5.88 Å². The maximum atomic E-state index is 10.9. The Balaban J connectivity index is 2.81. The SMILES string of the molecule is CCCCOc1ncc(I)cc1C(=O)O. The molecule has 0 radical (unpaired) electrons. The Kier molecular flexibility index (Phi) is 4.80. The van der Waals surface area contributed by atoms with Gasteiger partial charge in [0.05, 0.1) is 6.61 Å². The third kappa shape index (κ3) is 3.65. The highest BCUT2D eigenvalue weighted by atomic mass is 127. The predicted octanol–water partition coefficient (Wildman–Crippen LogP) is 2.56. The second kappa shape index (κ2) is 5.89. The maximum Gasteiger partial charge on any atom is 0.341 e. The number of nitrogens with zero attached hydrogens (tertiary/aromatic N) is 1. The van der Waals surface area contributed by atoms with Crippen molar-refractivity contribution in [3.05, 3.63) is 21.4 Å². The van der Waals surface area contributed by atoms with E-state index in [1.807, 2.05) is 29.5 Å². The summed E-state index contributed by atoms with van der Waals surface area (Å²) in [6.07, 6.45) is 3.49. The van der Waals surface area contributed by atoms with Gasteiger partial charge >= 0.3 is 5.97 Å². The first kappa shape index (κ1) is 12.2. The van der Waals surface area contributed by atoms with Crippen LogP contribution in [-0.2, 0) is 0 Å². The van der Waals surface area contributed by atoms with Crippen LogP contribution >= 0.6 is 22.6 Å². The third-order valence-corrected chi connectivity index (χ3v) is 2.37. The lowest BCUT2D eigenvalue weighted by atomic mass is 10.3. The van der Waals surface area contributed by atoms with Crippen LogP contribution in [0.25, 0.3) is 0 Å². The van der Waals surface area contributed by atoms with Crippen LogP contribution in [0.3, 0.4) is 0 Å². The second-order valence-corrected chi connectivity index (χ2v) is 4.26. The topological polar surface area (TPSA) is 59.4 Å². The minimum Gasteiger partial charge on any atom is -0.477 e. The average Bonchev–Trinajstić information content (AvgIpc) is 2.20. The average molecular weight is 321 g/mol. The predicted molar refractivity (Wildman–Crippen MR) is 64.3 cm³/mol. The number of halogens is 1. The summed E-state index contributed by atoms with van der Waals surface area (Å²) < 4.78 is 6.08. The molecule has 0 aliphatic heterocycles. The smallest absolute Gasteiger partial charge is 0.341 e. The molecule has 5 heteroatoms. The van der Waals surface area contributed by atoms with E-state index < -0.39 is 5.97 Å². The molecule has 0 spiro atoms. The van der Waals surface area contributed by atoms with E-state index in [0.29, 0.717) is 6.61 Å². The second-order valence-electron chi connectivity index (χ2n) is 3.01. The van der Waals surface area contributed by atoms with Crippen molar-refractivity contribution >= 4 is 28.6 Å². The first-order valence-corrected chi connectivity index (χ1v) is 5.74. The number of carbonyl (C=O) groups is 1. The number of carboxylic acids is 1. The van der Waals surface area contributed by atoms with Crippen molar-refractivity contribution in [2.45, 2.75) is 19.8 Å². The van der Waals surface area contributed by atoms with Crippen molar-refractivity contribution in [2.75, 3.05) is 6.61 Å². The van der Waals surface area contributed by atoms with E-state index in [9.17, 15) is 4.79 Å². The summed E-state index contributed by atoms with van der Waals surface area (Å²) in [4.78, 5) is 14.8. The minimum atomic E-state index is -1.01. The summed E-state index contributed by atoms with van der Waals surface area (Å²) in [5.41, 5.74) is 0.123. The van der Waals surface area contributed by atoms with Gasteiger partial charge in [-0.2, -0.15) is 0 Å². The molecule has 0 atom stereocenters. The number of hydrogen-bond acceptors (Lipinski definition) is 3. The standard InChI is InChI=1S/C10H12INO3/c1-2-3-4-15-9-8(10(13)14)5-7(11)6-12-9/h5-6H,2-4H2,1H3,(H,13,14). The van der Waals surface area contributed by atoms with Crippen molar-refractivity contribution in [2.24, 2.45) is 0 Å². The van der Waals surface area contributed by atoms with Crippen molar-refractivity contribution in [1.29, 1.82) is 0 Å². The molecule has 1 aromatic rings. The van der Waals surface area contributed by atoms with Gasteiger partial charge < -0.3 is 9.84 Å². The number of rotatable bonds is 5. The Morgan fingerprint density at radius 3 is 3.00 bits per heavy atom. The molecule has 1 aromatic heterocycles. The van der Waals surface area contributed by atoms with Crippen molar-refractivity contribution in [3.8, 4) is 5.88 Å². The summed E-state index contributed by atoms with van der Waals surface area (Å²) in [7, 11) is 0. The number of aromatic nitrogens is 1. The molecular weight excluding hydrogens is 309 g/mol. The van der Waals surface area contributed by atoms with Gasteiger partial charge in [-0.05, 0) is 35.1 Å². The number of unbranched alkanes of at least 4 members (excludes halogenated alkanes) is 1. The molecule has 15 heavy (non-hydrogen) atoms. The van der Waals surface area contributed by atoms with Crippen molar-refractivity contribution in [3.63, 3.8) is 0 Å². The molecule has 0 aromatic carbocycles. The Morgan fingerprint density at radius 2 is 2.40 bits per heavy atom. The number of ether oxygens (including phenoxy) is 1. The first-order valence-electron chi connectivity index (χ1n) is 4.66. The summed E-state index contributed by atoms with van der Waals surface area (Å²) in [5, 5.41) is 8.92. The van der Waals surface area contributed by atoms with Gasteiger partial charge in [-0.15, -0.1) is 0 Å². The van der Waals surface area contributed by atoms with Crippen LogP contribution in [0.15, 0.2) is 12.3 Å². The Morgan fingerprint density at radius 1 is 1.67 bits per heavy atom. The van der Waals surface area contributed by atoms with Crippen molar-refractivity contribution < 1.29 is 14.6 Å². The lowest BCUT2D eigenvalue weighted by Crippen LogP contribution is -2.06. The minimum absolute atomic E-state index is 0.123. The van der Waals surface area contributed by atoms with Crippen LogP contribution in [0, 0.1) is 3.57 Å². The van der Waals surface area contributed by atoms with Gasteiger partial charge in [0.25, 0.3) is 0 Å². The fourth-order valence-corrected chi connectivity index (χ4v) is 1.46. The Hall–Kier alpha value is -0.850. The van der Waals surface area contributed by atoms with Gasteiger partial charge in [-0.3, -0.25) is 0 Å². The van der Waals surface area contributed by atoms with E-state index in [0.717, 1.165) is 16.4 Å². The van der Waals surface area contributed by atoms with E-state index in [2.05, 4.69) is 4.98 Å². The fraction of sp³-hybridized carbons (Fsp3) is 0.400. The molecule has 4 nitrogen and oxygen atoms in total. The summed E-state index contributed by atoms with van der Waals surface area (Å²) >= 11 is 2.02. The van der Waals surface area contributed by atoms with E-state index in [4.69, 9.17) is 9.84 Å². The van der Waals surface area contributed by atoms with Crippen LogP contribution in [0.4, 0.5) is 0 Å². The molecule has 0 unspecified atom stereocenters. The van der Waals surface area contributed by atoms with Crippen LogP contribution in [-0.4, -0.2) is 22.7 Å². The Bertz CT molecular complexity index is 355. The zero-order chi connectivity index (χ0) is 11.3. The number of aromatic carboxylic acids is 1. The summed E-state index contributed by atoms with van der Waals surface area (Å²) in [5.74, 6) is -0.802. The lowest BCUT2D eigenvalue weighted by Gasteiger charge is -2.07.